The summed E-state index contributed by atoms with van der Waals surface area (Å²) < 4.78 is 5.15. The van der Waals surface area contributed by atoms with E-state index in [1.165, 1.54) is 6.42 Å². The summed E-state index contributed by atoms with van der Waals surface area (Å²) in [7, 11) is 5.63. The first-order chi connectivity index (χ1) is 15.5. The van der Waals surface area contributed by atoms with Crippen molar-refractivity contribution in [3.05, 3.63) is 53.6 Å². The molecule has 0 aromatic heterocycles. The van der Waals surface area contributed by atoms with Crippen LogP contribution in [0.3, 0.4) is 0 Å². The molecule has 0 radical (unpaired) electrons. The molecule has 3 rings (SSSR count). The van der Waals surface area contributed by atoms with Crippen LogP contribution in [0.2, 0.25) is 0 Å². The Bertz CT molecular complexity index is 906. The first-order valence-electron chi connectivity index (χ1n) is 11.3. The van der Waals surface area contributed by atoms with Crippen molar-refractivity contribution in [2.75, 3.05) is 57.6 Å². The molecule has 0 atom stereocenters. The van der Waals surface area contributed by atoms with Crippen LogP contribution < -0.4 is 20.3 Å². The van der Waals surface area contributed by atoms with Crippen LogP contribution in [0, 0.1) is 0 Å². The summed E-state index contributed by atoms with van der Waals surface area (Å²) in [5.41, 5.74) is 2.66. The second-order valence-electron chi connectivity index (χ2n) is 8.37. The Balaban J connectivity index is 1.77. The molecule has 7 heteroatoms. The third-order valence-corrected chi connectivity index (χ3v) is 5.62. The van der Waals surface area contributed by atoms with Gasteiger partial charge in [0.1, 0.15) is 5.75 Å². The van der Waals surface area contributed by atoms with Crippen molar-refractivity contribution in [3.63, 3.8) is 0 Å². The Morgan fingerprint density at radius 3 is 2.38 bits per heavy atom. The average Bonchev–Trinajstić information content (AvgIpc) is 2.82. The number of carbonyl (C=O) groups is 2. The fourth-order valence-electron chi connectivity index (χ4n) is 3.84. The molecule has 0 aliphatic carbocycles. The van der Waals surface area contributed by atoms with E-state index < -0.39 is 0 Å². The van der Waals surface area contributed by atoms with E-state index in [9.17, 15) is 9.59 Å². The molecule has 1 saturated heterocycles. The van der Waals surface area contributed by atoms with Crippen LogP contribution in [0.25, 0.3) is 0 Å². The number of nitrogens with one attached hydrogen (secondary N) is 2. The Morgan fingerprint density at radius 1 is 1.00 bits per heavy atom. The minimum absolute atomic E-state index is 0.107. The number of anilines is 2. The van der Waals surface area contributed by atoms with Gasteiger partial charge in [0.25, 0.3) is 11.8 Å². The zero-order chi connectivity index (χ0) is 22.9. The molecule has 0 unspecified atom stereocenters. The minimum Gasteiger partial charge on any atom is -0.497 e. The summed E-state index contributed by atoms with van der Waals surface area (Å²) in [4.78, 5) is 30.1. The van der Waals surface area contributed by atoms with E-state index in [0.29, 0.717) is 29.1 Å². The molecule has 1 fully saturated rings. The van der Waals surface area contributed by atoms with Crippen LogP contribution in [0.4, 0.5) is 11.4 Å². The first-order valence-corrected chi connectivity index (χ1v) is 11.3. The molecular weight excluding hydrogens is 404 g/mol. The number of ether oxygens (including phenoxy) is 1. The van der Waals surface area contributed by atoms with Gasteiger partial charge in [0, 0.05) is 36.6 Å². The molecular formula is C25H34N4O3. The number of methoxy groups -OCH3 is 1. The Hall–Kier alpha value is -3.06. The number of carbonyl (C=O) groups excluding carboxylic acids is 2. The summed E-state index contributed by atoms with van der Waals surface area (Å²) in [5, 5.41) is 5.96. The molecule has 2 amide bonds. The molecule has 1 heterocycles. The maximum Gasteiger partial charge on any atom is 0.255 e. The van der Waals surface area contributed by atoms with Crippen LogP contribution in [-0.2, 0) is 0 Å². The lowest BCUT2D eigenvalue weighted by atomic mass is 10.1. The van der Waals surface area contributed by atoms with Gasteiger partial charge in [0.15, 0.2) is 0 Å². The van der Waals surface area contributed by atoms with Crippen molar-refractivity contribution >= 4 is 23.2 Å². The van der Waals surface area contributed by atoms with Crippen LogP contribution in [-0.4, -0.2) is 64.1 Å². The maximum atomic E-state index is 13.1. The lowest BCUT2D eigenvalue weighted by Gasteiger charge is -2.30. The van der Waals surface area contributed by atoms with Gasteiger partial charge in [-0.15, -0.1) is 0 Å². The number of rotatable bonds is 9. The molecule has 172 valence electrons. The van der Waals surface area contributed by atoms with Gasteiger partial charge in [-0.2, -0.15) is 0 Å². The lowest BCUT2D eigenvalue weighted by Crippen LogP contribution is -2.33. The van der Waals surface area contributed by atoms with Gasteiger partial charge in [-0.05, 0) is 88.8 Å². The fourth-order valence-corrected chi connectivity index (χ4v) is 3.84. The third kappa shape index (κ3) is 6.47. The van der Waals surface area contributed by atoms with Crippen molar-refractivity contribution < 1.29 is 14.3 Å². The van der Waals surface area contributed by atoms with Crippen molar-refractivity contribution in [3.8, 4) is 5.75 Å². The predicted molar refractivity (Wildman–Crippen MR) is 129 cm³/mol. The van der Waals surface area contributed by atoms with E-state index in [-0.39, 0.29) is 11.8 Å². The van der Waals surface area contributed by atoms with Gasteiger partial charge < -0.3 is 25.2 Å². The highest BCUT2D eigenvalue weighted by molar-refractivity contribution is 6.06. The van der Waals surface area contributed by atoms with Crippen LogP contribution in [0.5, 0.6) is 5.75 Å². The van der Waals surface area contributed by atoms with Gasteiger partial charge in [-0.1, -0.05) is 0 Å². The smallest absolute Gasteiger partial charge is 0.255 e. The maximum absolute atomic E-state index is 13.1. The quantitative estimate of drug-likeness (QED) is 0.585. The van der Waals surface area contributed by atoms with Gasteiger partial charge in [0.05, 0.1) is 12.7 Å². The molecule has 0 bridgehead atoms. The molecule has 7 nitrogen and oxygen atoms in total. The topological polar surface area (TPSA) is 73.9 Å². The lowest BCUT2D eigenvalue weighted by molar-refractivity contribution is 0.0951. The van der Waals surface area contributed by atoms with E-state index in [2.05, 4.69) is 20.4 Å². The normalized spacial score (nSPS) is 13.7. The zero-order valence-corrected chi connectivity index (χ0v) is 19.3. The van der Waals surface area contributed by atoms with E-state index >= 15 is 0 Å². The van der Waals surface area contributed by atoms with E-state index in [4.69, 9.17) is 4.74 Å². The Kier molecular flexibility index (Phi) is 8.50. The largest absolute Gasteiger partial charge is 0.497 e. The Morgan fingerprint density at radius 2 is 1.72 bits per heavy atom. The summed E-state index contributed by atoms with van der Waals surface area (Å²) in [6.07, 6.45) is 4.35. The summed E-state index contributed by atoms with van der Waals surface area (Å²) in [5.74, 6) is 0.362. The number of nitrogens with zero attached hydrogens (tertiary/aromatic N) is 2. The number of benzene rings is 2. The van der Waals surface area contributed by atoms with Gasteiger partial charge in [-0.3, -0.25) is 9.59 Å². The van der Waals surface area contributed by atoms with E-state index in [1.54, 1.807) is 37.4 Å². The minimum atomic E-state index is -0.226. The number of hydrogen-bond donors (Lipinski definition) is 2. The van der Waals surface area contributed by atoms with Gasteiger partial charge in [-0.25, -0.2) is 0 Å². The van der Waals surface area contributed by atoms with Crippen molar-refractivity contribution in [1.29, 1.82) is 0 Å². The van der Waals surface area contributed by atoms with Crippen LogP contribution in [0.15, 0.2) is 42.5 Å². The third-order valence-electron chi connectivity index (χ3n) is 5.62. The molecule has 2 N–H and O–H groups in total. The highest BCUT2D eigenvalue weighted by Crippen LogP contribution is 2.27. The number of amides is 2. The molecule has 0 saturated carbocycles. The number of piperidine rings is 1. The summed E-state index contributed by atoms with van der Waals surface area (Å²) >= 11 is 0. The second-order valence-corrected chi connectivity index (χ2v) is 8.37. The highest BCUT2D eigenvalue weighted by Gasteiger charge is 2.20. The molecule has 2 aromatic carbocycles. The predicted octanol–water partition coefficient (Wildman–Crippen LogP) is 3.62. The van der Waals surface area contributed by atoms with Gasteiger partial charge in [0.2, 0.25) is 0 Å². The first kappa shape index (κ1) is 23.6. The van der Waals surface area contributed by atoms with Crippen molar-refractivity contribution in [2.24, 2.45) is 0 Å². The standard InChI is InChI=1S/C25H34N4O3/c1-28(2)15-7-14-26-25(31)22-18-20(10-13-23(22)29-16-5-4-6-17-29)27-24(30)19-8-11-21(32-3)12-9-19/h8-13,18H,4-7,14-17H2,1-3H3,(H,26,31)(H,27,30). The second kappa shape index (κ2) is 11.5. The molecule has 1 aliphatic rings. The monoisotopic (exact) mass is 438 g/mol. The molecule has 2 aromatic rings. The Labute approximate surface area is 190 Å². The van der Waals surface area contributed by atoms with E-state index in [1.807, 2.05) is 26.2 Å². The summed E-state index contributed by atoms with van der Waals surface area (Å²) in [6.45, 7) is 3.41. The SMILES string of the molecule is COc1ccc(C(=O)Nc2ccc(N3CCCCC3)c(C(=O)NCCCN(C)C)c2)cc1. The molecule has 1 aliphatic heterocycles. The van der Waals surface area contributed by atoms with Crippen molar-refractivity contribution in [2.45, 2.75) is 25.7 Å². The zero-order valence-electron chi connectivity index (χ0n) is 19.3. The van der Waals surface area contributed by atoms with E-state index in [0.717, 1.165) is 44.6 Å². The highest BCUT2D eigenvalue weighted by atomic mass is 16.5. The van der Waals surface area contributed by atoms with Crippen LogP contribution >= 0.6 is 0 Å². The summed E-state index contributed by atoms with van der Waals surface area (Å²) in [6, 6.07) is 12.5. The molecule has 0 spiro atoms. The molecule has 32 heavy (non-hydrogen) atoms. The van der Waals surface area contributed by atoms with Crippen LogP contribution in [0.1, 0.15) is 46.4 Å². The van der Waals surface area contributed by atoms with Crippen molar-refractivity contribution in [1.82, 2.24) is 10.2 Å². The average molecular weight is 439 g/mol. The fraction of sp³-hybridized carbons (Fsp3) is 0.440. The van der Waals surface area contributed by atoms with Gasteiger partial charge >= 0.3 is 0 Å². The number of hydrogen-bond acceptors (Lipinski definition) is 5.